The van der Waals surface area contributed by atoms with Crippen LogP contribution in [0.15, 0.2) is 0 Å². The van der Waals surface area contributed by atoms with E-state index in [2.05, 4.69) is 0 Å². The summed E-state index contributed by atoms with van der Waals surface area (Å²) in [5, 5.41) is 0. The molecule has 4 saturated carbocycles. The van der Waals surface area contributed by atoms with E-state index in [4.69, 9.17) is 4.74 Å². The lowest BCUT2D eigenvalue weighted by molar-refractivity contribution is -0.152. The van der Waals surface area contributed by atoms with E-state index < -0.39 is 0 Å². The summed E-state index contributed by atoms with van der Waals surface area (Å²) in [6.07, 6.45) is 10.1. The number of hydrogen-bond donors (Lipinski definition) is 0. The smallest absolute Gasteiger partial charge is 0.144 e. The standard InChI is InChI=1S/C16H24O2/c17-15(14-2-1-3-18-10-14)16-7-11-4-12(8-16)6-13(5-11)9-16/h11-14H,1-10H2. The normalized spacial score (nSPS) is 50.4. The maximum absolute atomic E-state index is 13.0. The van der Waals surface area contributed by atoms with Crippen LogP contribution >= 0.6 is 0 Å². The molecule has 5 aliphatic rings. The second-order valence-electron chi connectivity index (χ2n) is 7.48. The molecule has 2 heteroatoms. The molecule has 1 atom stereocenters. The van der Waals surface area contributed by atoms with Gasteiger partial charge in [0.25, 0.3) is 0 Å². The summed E-state index contributed by atoms with van der Waals surface area (Å²) in [5.74, 6) is 3.47. The van der Waals surface area contributed by atoms with Crippen LogP contribution in [0.1, 0.15) is 51.4 Å². The Kier molecular flexibility index (Phi) is 2.58. The Morgan fingerprint density at radius 2 is 1.61 bits per heavy atom. The number of carbonyl (C=O) groups is 1. The van der Waals surface area contributed by atoms with Gasteiger partial charge in [-0.1, -0.05) is 0 Å². The third kappa shape index (κ3) is 1.68. The quantitative estimate of drug-likeness (QED) is 0.750. The molecule has 0 spiro atoms. The Bertz CT molecular complexity index is 319. The van der Waals surface area contributed by atoms with Crippen molar-refractivity contribution in [2.24, 2.45) is 29.1 Å². The van der Waals surface area contributed by atoms with E-state index in [9.17, 15) is 4.79 Å². The molecule has 2 nitrogen and oxygen atoms in total. The van der Waals surface area contributed by atoms with Crippen molar-refractivity contribution in [3.8, 4) is 0 Å². The van der Waals surface area contributed by atoms with Crippen molar-refractivity contribution in [2.45, 2.75) is 51.4 Å². The fraction of sp³-hybridized carbons (Fsp3) is 0.938. The Hall–Kier alpha value is -0.370. The number of rotatable bonds is 2. The molecule has 1 unspecified atom stereocenters. The van der Waals surface area contributed by atoms with Gasteiger partial charge in [0.2, 0.25) is 0 Å². The zero-order valence-electron chi connectivity index (χ0n) is 11.2. The van der Waals surface area contributed by atoms with Crippen LogP contribution in [-0.2, 0) is 9.53 Å². The molecule has 1 saturated heterocycles. The van der Waals surface area contributed by atoms with Gasteiger partial charge in [-0.25, -0.2) is 0 Å². The zero-order chi connectivity index (χ0) is 12.2. The predicted octanol–water partition coefficient (Wildman–Crippen LogP) is 3.20. The second-order valence-corrected chi connectivity index (χ2v) is 7.48. The Morgan fingerprint density at radius 1 is 1.00 bits per heavy atom. The SMILES string of the molecule is O=C(C1CCCOC1)C12CC3CC(CC(C3)C1)C2. The van der Waals surface area contributed by atoms with Gasteiger partial charge in [0.1, 0.15) is 5.78 Å². The number of ether oxygens (including phenoxy) is 1. The van der Waals surface area contributed by atoms with Crippen LogP contribution in [0.25, 0.3) is 0 Å². The highest BCUT2D eigenvalue weighted by molar-refractivity contribution is 5.87. The molecule has 5 fully saturated rings. The van der Waals surface area contributed by atoms with Gasteiger partial charge in [-0.2, -0.15) is 0 Å². The topological polar surface area (TPSA) is 26.3 Å². The average molecular weight is 248 g/mol. The summed E-state index contributed by atoms with van der Waals surface area (Å²) in [4.78, 5) is 13.0. The van der Waals surface area contributed by atoms with Crippen LogP contribution in [0.3, 0.4) is 0 Å². The van der Waals surface area contributed by atoms with Gasteiger partial charge in [-0.15, -0.1) is 0 Å². The highest BCUT2D eigenvalue weighted by Crippen LogP contribution is 2.61. The van der Waals surface area contributed by atoms with Crippen molar-refractivity contribution in [1.29, 1.82) is 0 Å². The van der Waals surface area contributed by atoms with E-state index in [1.54, 1.807) is 0 Å². The van der Waals surface area contributed by atoms with Gasteiger partial charge in [-0.3, -0.25) is 4.79 Å². The molecule has 0 amide bonds. The first-order valence-electron chi connectivity index (χ1n) is 7.87. The van der Waals surface area contributed by atoms with Crippen molar-refractivity contribution >= 4 is 5.78 Å². The molecule has 0 aromatic heterocycles. The molecule has 18 heavy (non-hydrogen) atoms. The van der Waals surface area contributed by atoms with Crippen molar-refractivity contribution in [2.75, 3.05) is 13.2 Å². The summed E-state index contributed by atoms with van der Waals surface area (Å²) in [5.41, 5.74) is 0.0973. The highest BCUT2D eigenvalue weighted by Gasteiger charge is 2.55. The lowest BCUT2D eigenvalue weighted by Crippen LogP contribution is -2.52. The molecule has 0 radical (unpaired) electrons. The van der Waals surface area contributed by atoms with Gasteiger partial charge in [-0.05, 0) is 69.1 Å². The van der Waals surface area contributed by atoms with E-state index in [0.717, 1.165) is 37.2 Å². The Labute approximate surface area is 109 Å². The minimum atomic E-state index is 0.0973. The number of Topliss-reactive ketones (excluding diaryl/α,β-unsaturated/α-hetero) is 1. The van der Waals surface area contributed by atoms with Crippen LogP contribution in [0, 0.1) is 29.1 Å². The predicted molar refractivity (Wildman–Crippen MR) is 69.2 cm³/mol. The summed E-state index contributed by atoms with van der Waals surface area (Å²) in [6, 6.07) is 0. The minimum absolute atomic E-state index is 0.0973. The van der Waals surface area contributed by atoms with E-state index in [1.807, 2.05) is 0 Å². The third-order valence-electron chi connectivity index (χ3n) is 6.09. The van der Waals surface area contributed by atoms with E-state index in [1.165, 1.54) is 38.5 Å². The fourth-order valence-corrected chi connectivity index (χ4v) is 5.79. The average Bonchev–Trinajstić information content (AvgIpc) is 2.37. The van der Waals surface area contributed by atoms with Gasteiger partial charge >= 0.3 is 0 Å². The highest BCUT2D eigenvalue weighted by atomic mass is 16.5. The second kappa shape index (κ2) is 4.06. The van der Waals surface area contributed by atoms with Crippen molar-refractivity contribution < 1.29 is 9.53 Å². The minimum Gasteiger partial charge on any atom is -0.381 e. The lowest BCUT2D eigenvalue weighted by atomic mass is 9.47. The lowest BCUT2D eigenvalue weighted by Gasteiger charge is -2.56. The molecule has 0 aromatic carbocycles. The number of hydrogen-bond acceptors (Lipinski definition) is 2. The van der Waals surface area contributed by atoms with E-state index in [0.29, 0.717) is 12.4 Å². The van der Waals surface area contributed by atoms with Crippen molar-refractivity contribution in [1.82, 2.24) is 0 Å². The van der Waals surface area contributed by atoms with Gasteiger partial charge < -0.3 is 4.74 Å². The molecule has 0 N–H and O–H groups in total. The molecular weight excluding hydrogens is 224 g/mol. The monoisotopic (exact) mass is 248 g/mol. The van der Waals surface area contributed by atoms with Crippen molar-refractivity contribution in [3.05, 3.63) is 0 Å². The summed E-state index contributed by atoms with van der Waals surface area (Å²) in [6.45, 7) is 1.57. The molecule has 1 heterocycles. The maximum Gasteiger partial charge on any atom is 0.144 e. The number of ketones is 1. The van der Waals surface area contributed by atoms with Crippen molar-refractivity contribution in [3.63, 3.8) is 0 Å². The first-order valence-corrected chi connectivity index (χ1v) is 7.87. The molecule has 4 bridgehead atoms. The first kappa shape index (κ1) is 11.5. The summed E-state index contributed by atoms with van der Waals surface area (Å²) < 4.78 is 5.55. The third-order valence-corrected chi connectivity index (χ3v) is 6.09. The van der Waals surface area contributed by atoms with E-state index in [-0.39, 0.29) is 11.3 Å². The van der Waals surface area contributed by atoms with Gasteiger partial charge in [0.15, 0.2) is 0 Å². The summed E-state index contributed by atoms with van der Waals surface area (Å²) in [7, 11) is 0. The Balaban J connectivity index is 1.57. The molecule has 0 aromatic rings. The maximum atomic E-state index is 13.0. The van der Waals surface area contributed by atoms with Crippen LogP contribution in [0.5, 0.6) is 0 Å². The number of carbonyl (C=O) groups excluding carboxylic acids is 1. The van der Waals surface area contributed by atoms with Crippen LogP contribution < -0.4 is 0 Å². The molecular formula is C16H24O2. The van der Waals surface area contributed by atoms with Crippen LogP contribution in [0.4, 0.5) is 0 Å². The fourth-order valence-electron chi connectivity index (χ4n) is 5.79. The van der Waals surface area contributed by atoms with Crippen LogP contribution in [0.2, 0.25) is 0 Å². The molecule has 100 valence electrons. The largest absolute Gasteiger partial charge is 0.381 e. The molecule has 5 rings (SSSR count). The Morgan fingerprint density at radius 3 is 2.11 bits per heavy atom. The zero-order valence-corrected chi connectivity index (χ0v) is 11.2. The van der Waals surface area contributed by atoms with E-state index >= 15 is 0 Å². The first-order chi connectivity index (χ1) is 8.75. The summed E-state index contributed by atoms with van der Waals surface area (Å²) >= 11 is 0. The van der Waals surface area contributed by atoms with Crippen LogP contribution in [-0.4, -0.2) is 19.0 Å². The molecule has 1 aliphatic heterocycles. The molecule has 4 aliphatic carbocycles. The van der Waals surface area contributed by atoms with Gasteiger partial charge in [0, 0.05) is 17.9 Å². The van der Waals surface area contributed by atoms with Gasteiger partial charge in [0.05, 0.1) is 6.61 Å².